The van der Waals surface area contributed by atoms with Crippen LogP contribution in [-0.4, -0.2) is 16.9 Å². The quantitative estimate of drug-likeness (QED) is 0.639. The Bertz CT molecular complexity index is 319. The largest absolute Gasteiger partial charge is 0.481 e. The molecule has 0 saturated carbocycles. The Balaban J connectivity index is 5.57. The zero-order chi connectivity index (χ0) is 14.3. The Kier molecular flexibility index (Phi) is 6.60. The van der Waals surface area contributed by atoms with Crippen LogP contribution < -0.4 is 0 Å². The summed E-state index contributed by atoms with van der Waals surface area (Å²) in [7, 11) is 0. The van der Waals surface area contributed by atoms with Crippen molar-refractivity contribution < 1.29 is 14.7 Å². The highest BCUT2D eigenvalue weighted by Crippen LogP contribution is 2.41. The molecule has 0 aromatic carbocycles. The van der Waals surface area contributed by atoms with Crippen LogP contribution in [0.4, 0.5) is 0 Å². The summed E-state index contributed by atoms with van der Waals surface area (Å²) in [6.07, 6.45) is 4.48. The van der Waals surface area contributed by atoms with Crippen molar-refractivity contribution in [2.24, 2.45) is 17.3 Å². The Hall–Kier alpha value is -1.38. The summed E-state index contributed by atoms with van der Waals surface area (Å²) >= 11 is 0. The van der Waals surface area contributed by atoms with Crippen molar-refractivity contribution >= 4 is 11.8 Å². The first-order chi connectivity index (χ1) is 8.31. The maximum Gasteiger partial charge on any atom is 0.307 e. The number of hydrogen-bond acceptors (Lipinski definition) is 2. The number of carbonyl (C=O) groups is 2. The van der Waals surface area contributed by atoms with E-state index in [9.17, 15) is 14.7 Å². The van der Waals surface area contributed by atoms with Gasteiger partial charge in [-0.1, -0.05) is 26.0 Å². The number of rotatable bonds is 9. The van der Waals surface area contributed by atoms with Gasteiger partial charge in [-0.05, 0) is 32.1 Å². The van der Waals surface area contributed by atoms with Crippen LogP contribution in [0.15, 0.2) is 25.3 Å². The normalized spacial score (nSPS) is 13.1. The van der Waals surface area contributed by atoms with Gasteiger partial charge in [0.05, 0.1) is 5.92 Å². The third-order valence-corrected chi connectivity index (χ3v) is 3.39. The van der Waals surface area contributed by atoms with Crippen LogP contribution >= 0.6 is 0 Å². The molecule has 0 bridgehead atoms. The van der Waals surface area contributed by atoms with Crippen molar-refractivity contribution in [2.45, 2.75) is 40.0 Å². The van der Waals surface area contributed by atoms with E-state index < -0.39 is 17.3 Å². The molecule has 0 unspecified atom stereocenters. The van der Waals surface area contributed by atoms with Crippen LogP contribution in [0.25, 0.3) is 0 Å². The second kappa shape index (κ2) is 7.14. The van der Waals surface area contributed by atoms with Crippen LogP contribution in [0.2, 0.25) is 0 Å². The predicted molar refractivity (Wildman–Crippen MR) is 73.3 cm³/mol. The second-order valence-electron chi connectivity index (χ2n) is 5.22. The van der Waals surface area contributed by atoms with E-state index in [0.717, 1.165) is 0 Å². The van der Waals surface area contributed by atoms with Crippen LogP contribution in [0.1, 0.15) is 40.0 Å². The fraction of sp³-hybridized carbons (Fsp3) is 0.600. The first-order valence-corrected chi connectivity index (χ1v) is 6.27. The molecular weight excluding hydrogens is 228 g/mol. The van der Waals surface area contributed by atoms with Crippen LogP contribution in [0.3, 0.4) is 0 Å². The van der Waals surface area contributed by atoms with E-state index in [1.165, 1.54) is 6.92 Å². The number of hydrogen-bond donors (Lipinski definition) is 1. The van der Waals surface area contributed by atoms with Crippen LogP contribution in [-0.2, 0) is 9.59 Å². The number of carbonyl (C=O) groups excluding carboxylic acids is 1. The standard InChI is InChI=1S/C15H24O3/c1-6-8-15(9-7-2,12(5)16)13(14(17)18)10-11(3)4/h6-7,11,13H,1-2,8-10H2,3-5H3,(H,17,18)/t13-/m0/s1. The van der Waals surface area contributed by atoms with Crippen molar-refractivity contribution in [3.05, 3.63) is 25.3 Å². The molecule has 0 aliphatic carbocycles. The lowest BCUT2D eigenvalue weighted by atomic mass is 9.65. The molecular formula is C15H24O3. The van der Waals surface area contributed by atoms with Gasteiger partial charge >= 0.3 is 5.97 Å². The van der Waals surface area contributed by atoms with Gasteiger partial charge in [0.2, 0.25) is 0 Å². The van der Waals surface area contributed by atoms with E-state index in [1.54, 1.807) is 12.2 Å². The molecule has 0 aliphatic heterocycles. The molecule has 102 valence electrons. The Labute approximate surface area is 110 Å². The molecule has 3 nitrogen and oxygen atoms in total. The fourth-order valence-electron chi connectivity index (χ4n) is 2.45. The van der Waals surface area contributed by atoms with Gasteiger partial charge in [-0.3, -0.25) is 9.59 Å². The van der Waals surface area contributed by atoms with Crippen molar-refractivity contribution in [2.75, 3.05) is 0 Å². The number of carboxylic acids is 1. The molecule has 0 rings (SSSR count). The average molecular weight is 252 g/mol. The summed E-state index contributed by atoms with van der Waals surface area (Å²) < 4.78 is 0. The molecule has 0 fully saturated rings. The topological polar surface area (TPSA) is 54.4 Å². The van der Waals surface area contributed by atoms with Gasteiger partial charge in [0.25, 0.3) is 0 Å². The predicted octanol–water partition coefficient (Wildman–Crippen LogP) is 3.46. The molecule has 3 heteroatoms. The van der Waals surface area contributed by atoms with Gasteiger partial charge in [0.15, 0.2) is 0 Å². The number of Topliss-reactive ketones (excluding diaryl/α,β-unsaturated/α-hetero) is 1. The van der Waals surface area contributed by atoms with Crippen molar-refractivity contribution in [1.29, 1.82) is 0 Å². The lowest BCUT2D eigenvalue weighted by Gasteiger charge is -2.36. The highest BCUT2D eigenvalue weighted by atomic mass is 16.4. The van der Waals surface area contributed by atoms with Crippen molar-refractivity contribution in [3.63, 3.8) is 0 Å². The average Bonchev–Trinajstić information content (AvgIpc) is 2.24. The summed E-state index contributed by atoms with van der Waals surface area (Å²) in [5.74, 6) is -1.48. The Morgan fingerprint density at radius 2 is 1.67 bits per heavy atom. The van der Waals surface area contributed by atoms with Gasteiger partial charge in [-0.2, -0.15) is 0 Å². The van der Waals surface area contributed by atoms with E-state index >= 15 is 0 Å². The molecule has 0 aliphatic rings. The number of carboxylic acid groups (broad SMARTS) is 1. The first kappa shape index (κ1) is 16.6. The minimum atomic E-state index is -0.914. The van der Waals surface area contributed by atoms with Crippen molar-refractivity contribution in [3.8, 4) is 0 Å². The minimum absolute atomic E-state index is 0.102. The van der Waals surface area contributed by atoms with E-state index in [0.29, 0.717) is 19.3 Å². The summed E-state index contributed by atoms with van der Waals surface area (Å²) in [6, 6.07) is 0. The minimum Gasteiger partial charge on any atom is -0.481 e. The molecule has 0 heterocycles. The van der Waals surface area contributed by atoms with Gasteiger partial charge in [0.1, 0.15) is 5.78 Å². The molecule has 0 aromatic rings. The lowest BCUT2D eigenvalue weighted by molar-refractivity contribution is -0.152. The summed E-state index contributed by atoms with van der Waals surface area (Å²) in [5.41, 5.74) is -0.903. The van der Waals surface area contributed by atoms with Gasteiger partial charge in [-0.25, -0.2) is 0 Å². The van der Waals surface area contributed by atoms with Gasteiger partial charge in [0, 0.05) is 5.41 Å². The fourth-order valence-corrected chi connectivity index (χ4v) is 2.45. The summed E-state index contributed by atoms with van der Waals surface area (Å²) in [6.45, 7) is 12.7. The monoisotopic (exact) mass is 252 g/mol. The number of ketones is 1. The molecule has 0 spiro atoms. The van der Waals surface area contributed by atoms with Gasteiger partial charge in [-0.15, -0.1) is 13.2 Å². The Morgan fingerprint density at radius 1 is 1.22 bits per heavy atom. The zero-order valence-electron chi connectivity index (χ0n) is 11.6. The molecule has 0 saturated heterocycles. The lowest BCUT2D eigenvalue weighted by Crippen LogP contribution is -2.41. The van der Waals surface area contributed by atoms with Gasteiger partial charge < -0.3 is 5.11 Å². The van der Waals surface area contributed by atoms with E-state index in [1.807, 2.05) is 13.8 Å². The highest BCUT2D eigenvalue weighted by molar-refractivity contribution is 5.88. The third-order valence-electron chi connectivity index (χ3n) is 3.39. The summed E-state index contributed by atoms with van der Waals surface area (Å²) in [5, 5.41) is 9.44. The molecule has 0 amide bonds. The maximum absolute atomic E-state index is 12.0. The Morgan fingerprint density at radius 3 is 1.89 bits per heavy atom. The van der Waals surface area contributed by atoms with E-state index in [4.69, 9.17) is 0 Å². The smallest absolute Gasteiger partial charge is 0.307 e. The van der Waals surface area contributed by atoms with Crippen LogP contribution in [0, 0.1) is 17.3 Å². The first-order valence-electron chi connectivity index (χ1n) is 6.27. The van der Waals surface area contributed by atoms with Crippen LogP contribution in [0.5, 0.6) is 0 Å². The highest BCUT2D eigenvalue weighted by Gasteiger charge is 2.45. The molecule has 0 radical (unpaired) electrons. The molecule has 0 aromatic heterocycles. The molecule has 18 heavy (non-hydrogen) atoms. The van der Waals surface area contributed by atoms with E-state index in [-0.39, 0.29) is 11.7 Å². The maximum atomic E-state index is 12.0. The SMILES string of the molecule is C=CCC(CC=C)(C(C)=O)[C@@H](CC(C)C)C(=O)O. The summed E-state index contributed by atoms with van der Waals surface area (Å²) in [4.78, 5) is 23.5. The molecule has 1 atom stereocenters. The third kappa shape index (κ3) is 3.83. The number of allylic oxidation sites excluding steroid dienone is 2. The second-order valence-corrected chi connectivity index (χ2v) is 5.22. The number of aliphatic carboxylic acids is 1. The van der Waals surface area contributed by atoms with Crippen molar-refractivity contribution in [1.82, 2.24) is 0 Å². The van der Waals surface area contributed by atoms with E-state index in [2.05, 4.69) is 13.2 Å². The molecule has 1 N–H and O–H groups in total. The zero-order valence-corrected chi connectivity index (χ0v) is 11.6.